The molecule has 6 nitrogen and oxygen atoms in total. The van der Waals surface area contributed by atoms with Crippen LogP contribution in [0.4, 0.5) is 0 Å². The second kappa shape index (κ2) is 6.79. The van der Waals surface area contributed by atoms with Crippen molar-refractivity contribution in [3.63, 3.8) is 0 Å². The lowest BCUT2D eigenvalue weighted by Gasteiger charge is -2.19. The summed E-state index contributed by atoms with van der Waals surface area (Å²) in [5, 5.41) is 11.4. The minimum Gasteiger partial charge on any atom is -0.482 e. The van der Waals surface area contributed by atoms with Crippen molar-refractivity contribution in [3.8, 4) is 5.75 Å². The molecular formula is C16H21NO5. The van der Waals surface area contributed by atoms with Crippen LogP contribution < -0.4 is 10.1 Å². The summed E-state index contributed by atoms with van der Waals surface area (Å²) in [6.45, 7) is 4.11. The van der Waals surface area contributed by atoms with E-state index >= 15 is 0 Å². The molecule has 2 rings (SSSR count). The molecule has 2 N–H and O–H groups in total. The number of ether oxygens (including phenoxy) is 2. The minimum atomic E-state index is -1.06. The van der Waals surface area contributed by atoms with E-state index in [2.05, 4.69) is 5.32 Å². The van der Waals surface area contributed by atoms with E-state index in [1.54, 1.807) is 18.2 Å². The summed E-state index contributed by atoms with van der Waals surface area (Å²) in [7, 11) is 0. The summed E-state index contributed by atoms with van der Waals surface area (Å²) in [4.78, 5) is 22.6. The first-order valence-corrected chi connectivity index (χ1v) is 7.26. The van der Waals surface area contributed by atoms with E-state index in [9.17, 15) is 9.59 Å². The molecule has 0 aromatic heterocycles. The van der Waals surface area contributed by atoms with Crippen LogP contribution in [0.2, 0.25) is 0 Å². The Balaban J connectivity index is 1.87. The van der Waals surface area contributed by atoms with E-state index in [0.717, 1.165) is 12.8 Å². The number of carbonyl (C=O) groups is 2. The van der Waals surface area contributed by atoms with Crippen LogP contribution in [-0.4, -0.2) is 41.8 Å². The fourth-order valence-electron chi connectivity index (χ4n) is 2.40. The molecule has 1 fully saturated rings. The van der Waals surface area contributed by atoms with Gasteiger partial charge in [-0.25, -0.2) is 4.79 Å². The zero-order chi connectivity index (χ0) is 16.2. The molecule has 1 heterocycles. The SMILES string of the molecule is CC1(C)CC[C@@H](CNC(=O)c2cccc(OCC(=O)O)c2)O1. The van der Waals surface area contributed by atoms with Gasteiger partial charge in [-0.05, 0) is 44.9 Å². The van der Waals surface area contributed by atoms with Crippen LogP contribution in [0, 0.1) is 0 Å². The minimum absolute atomic E-state index is 0.0328. The molecule has 1 aromatic carbocycles. The van der Waals surface area contributed by atoms with E-state index in [1.807, 2.05) is 13.8 Å². The van der Waals surface area contributed by atoms with E-state index in [0.29, 0.717) is 17.9 Å². The highest BCUT2D eigenvalue weighted by atomic mass is 16.5. The van der Waals surface area contributed by atoms with Crippen molar-refractivity contribution in [2.75, 3.05) is 13.2 Å². The molecule has 0 aliphatic carbocycles. The van der Waals surface area contributed by atoms with E-state index < -0.39 is 12.6 Å². The molecule has 0 bridgehead atoms. The normalized spacial score (nSPS) is 19.6. The van der Waals surface area contributed by atoms with Gasteiger partial charge in [0.2, 0.25) is 0 Å². The van der Waals surface area contributed by atoms with Gasteiger partial charge in [0.15, 0.2) is 6.61 Å². The average Bonchev–Trinajstić information content (AvgIpc) is 2.82. The molecule has 6 heteroatoms. The van der Waals surface area contributed by atoms with Gasteiger partial charge in [0.05, 0.1) is 11.7 Å². The molecule has 1 aromatic rings. The Morgan fingerprint density at radius 1 is 1.45 bits per heavy atom. The Kier molecular flexibility index (Phi) is 5.03. The predicted molar refractivity (Wildman–Crippen MR) is 80.1 cm³/mol. The average molecular weight is 307 g/mol. The van der Waals surface area contributed by atoms with Crippen molar-refractivity contribution in [3.05, 3.63) is 29.8 Å². The Hall–Kier alpha value is -2.08. The van der Waals surface area contributed by atoms with Crippen LogP contribution in [0.1, 0.15) is 37.0 Å². The third kappa shape index (κ3) is 4.73. The number of hydrogen-bond donors (Lipinski definition) is 2. The van der Waals surface area contributed by atoms with Crippen LogP contribution in [0.5, 0.6) is 5.75 Å². The van der Waals surface area contributed by atoms with Gasteiger partial charge in [-0.3, -0.25) is 4.79 Å². The Morgan fingerprint density at radius 2 is 2.23 bits per heavy atom. The number of carboxylic acid groups (broad SMARTS) is 1. The molecule has 0 unspecified atom stereocenters. The van der Waals surface area contributed by atoms with Crippen LogP contribution in [0.3, 0.4) is 0 Å². The number of aliphatic carboxylic acids is 1. The Morgan fingerprint density at radius 3 is 2.86 bits per heavy atom. The Bertz CT molecular complexity index is 555. The molecular weight excluding hydrogens is 286 g/mol. The zero-order valence-corrected chi connectivity index (χ0v) is 12.8. The number of nitrogens with one attached hydrogen (secondary N) is 1. The summed E-state index contributed by atoms with van der Waals surface area (Å²) in [6, 6.07) is 6.45. The molecule has 1 saturated heterocycles. The smallest absolute Gasteiger partial charge is 0.341 e. The van der Waals surface area contributed by atoms with Gasteiger partial charge in [0.1, 0.15) is 5.75 Å². The standard InChI is InChI=1S/C16H21NO5/c1-16(2)7-6-13(22-16)9-17-15(20)11-4-3-5-12(8-11)21-10-14(18)19/h3-5,8,13H,6-7,9-10H2,1-2H3,(H,17,20)(H,18,19)/t13-/m0/s1. The lowest BCUT2D eigenvalue weighted by Crippen LogP contribution is -2.33. The van der Waals surface area contributed by atoms with Crippen molar-refractivity contribution < 1.29 is 24.2 Å². The maximum absolute atomic E-state index is 12.1. The van der Waals surface area contributed by atoms with Crippen molar-refractivity contribution in [2.45, 2.75) is 38.4 Å². The fourth-order valence-corrected chi connectivity index (χ4v) is 2.40. The molecule has 0 spiro atoms. The van der Waals surface area contributed by atoms with Crippen molar-refractivity contribution in [2.24, 2.45) is 0 Å². The van der Waals surface area contributed by atoms with Crippen molar-refractivity contribution in [1.29, 1.82) is 0 Å². The molecule has 1 aliphatic heterocycles. The van der Waals surface area contributed by atoms with E-state index in [4.69, 9.17) is 14.6 Å². The molecule has 22 heavy (non-hydrogen) atoms. The third-order valence-corrected chi connectivity index (χ3v) is 3.50. The molecule has 1 atom stereocenters. The summed E-state index contributed by atoms with van der Waals surface area (Å²) in [5.41, 5.74) is 0.306. The van der Waals surface area contributed by atoms with Crippen LogP contribution >= 0.6 is 0 Å². The largest absolute Gasteiger partial charge is 0.482 e. The number of amides is 1. The lowest BCUT2D eigenvalue weighted by atomic mass is 10.1. The van der Waals surface area contributed by atoms with Gasteiger partial charge in [0, 0.05) is 12.1 Å². The maximum Gasteiger partial charge on any atom is 0.341 e. The zero-order valence-electron chi connectivity index (χ0n) is 12.8. The second-order valence-corrected chi connectivity index (χ2v) is 5.96. The monoisotopic (exact) mass is 307 g/mol. The first-order chi connectivity index (χ1) is 10.4. The van der Waals surface area contributed by atoms with Crippen molar-refractivity contribution in [1.82, 2.24) is 5.32 Å². The number of carbonyl (C=O) groups excluding carboxylic acids is 1. The van der Waals surface area contributed by atoms with Gasteiger partial charge < -0.3 is 19.9 Å². The number of hydrogen-bond acceptors (Lipinski definition) is 4. The number of carboxylic acids is 1. The topological polar surface area (TPSA) is 84.9 Å². The van der Waals surface area contributed by atoms with E-state index in [1.165, 1.54) is 6.07 Å². The lowest BCUT2D eigenvalue weighted by molar-refractivity contribution is -0.139. The highest BCUT2D eigenvalue weighted by Crippen LogP contribution is 2.28. The van der Waals surface area contributed by atoms with Gasteiger partial charge >= 0.3 is 5.97 Å². The third-order valence-electron chi connectivity index (χ3n) is 3.50. The highest BCUT2D eigenvalue weighted by Gasteiger charge is 2.31. The highest BCUT2D eigenvalue weighted by molar-refractivity contribution is 5.94. The molecule has 0 saturated carbocycles. The summed E-state index contributed by atoms with van der Waals surface area (Å²) >= 11 is 0. The Labute approximate surface area is 129 Å². The van der Waals surface area contributed by atoms with Crippen LogP contribution in [-0.2, 0) is 9.53 Å². The first-order valence-electron chi connectivity index (χ1n) is 7.26. The van der Waals surface area contributed by atoms with Crippen molar-refractivity contribution >= 4 is 11.9 Å². The number of benzene rings is 1. The summed E-state index contributed by atoms with van der Waals surface area (Å²) in [5.74, 6) is -0.932. The molecule has 1 amide bonds. The van der Waals surface area contributed by atoms with Crippen LogP contribution in [0.25, 0.3) is 0 Å². The number of rotatable bonds is 6. The van der Waals surface area contributed by atoms with Gasteiger partial charge in [-0.15, -0.1) is 0 Å². The molecule has 120 valence electrons. The van der Waals surface area contributed by atoms with Gasteiger partial charge in [-0.2, -0.15) is 0 Å². The van der Waals surface area contributed by atoms with E-state index in [-0.39, 0.29) is 17.6 Å². The molecule has 1 aliphatic rings. The summed E-state index contributed by atoms with van der Waals surface area (Å²) in [6.07, 6.45) is 1.94. The first kappa shape index (κ1) is 16.3. The van der Waals surface area contributed by atoms with Gasteiger partial charge in [0.25, 0.3) is 5.91 Å². The molecule has 0 radical (unpaired) electrons. The van der Waals surface area contributed by atoms with Gasteiger partial charge in [-0.1, -0.05) is 6.07 Å². The quantitative estimate of drug-likeness (QED) is 0.837. The summed E-state index contributed by atoms with van der Waals surface area (Å²) < 4.78 is 10.9. The second-order valence-electron chi connectivity index (χ2n) is 5.96. The fraction of sp³-hybridized carbons (Fsp3) is 0.500. The van der Waals surface area contributed by atoms with Crippen LogP contribution in [0.15, 0.2) is 24.3 Å². The maximum atomic E-state index is 12.1. The predicted octanol–water partition coefficient (Wildman–Crippen LogP) is 1.84.